The summed E-state index contributed by atoms with van der Waals surface area (Å²) in [5.41, 5.74) is -0.622. The number of benzene rings is 1. The molecule has 0 atom stereocenters. The zero-order chi connectivity index (χ0) is 17.7. The van der Waals surface area contributed by atoms with Gasteiger partial charge in [-0.15, -0.1) is 0 Å². The van der Waals surface area contributed by atoms with Gasteiger partial charge in [0.25, 0.3) is 5.56 Å². The minimum Gasteiger partial charge on any atom is -0.493 e. The van der Waals surface area contributed by atoms with Crippen molar-refractivity contribution in [2.45, 2.75) is 6.42 Å². The fourth-order valence-corrected chi connectivity index (χ4v) is 2.15. The van der Waals surface area contributed by atoms with Crippen molar-refractivity contribution in [1.29, 1.82) is 0 Å². The molecule has 0 spiro atoms. The van der Waals surface area contributed by atoms with Crippen LogP contribution in [0.3, 0.4) is 0 Å². The lowest BCUT2D eigenvalue weighted by molar-refractivity contribution is -0.115. The summed E-state index contributed by atoms with van der Waals surface area (Å²) in [5.74, 6) is 0.746. The summed E-state index contributed by atoms with van der Waals surface area (Å²) in [5, 5.41) is 2.64. The smallest absolute Gasteiger partial charge is 0.325 e. The molecule has 1 aromatic heterocycles. The maximum absolute atomic E-state index is 12.1. The minimum absolute atomic E-state index is 0.171. The molecule has 3 N–H and O–H groups in total. The van der Waals surface area contributed by atoms with Crippen LogP contribution in [-0.4, -0.2) is 37.2 Å². The molecule has 0 radical (unpaired) electrons. The number of methoxy groups -OCH3 is 3. The van der Waals surface area contributed by atoms with Gasteiger partial charge in [-0.3, -0.25) is 14.6 Å². The first-order chi connectivity index (χ1) is 11.5. The first-order valence-corrected chi connectivity index (χ1v) is 6.89. The number of carbonyl (C=O) groups is 1. The van der Waals surface area contributed by atoms with Crippen LogP contribution in [0.4, 0.5) is 5.69 Å². The van der Waals surface area contributed by atoms with E-state index in [1.165, 1.54) is 21.3 Å². The minimum atomic E-state index is -0.668. The highest BCUT2D eigenvalue weighted by molar-refractivity contribution is 5.92. The third-order valence-electron chi connectivity index (χ3n) is 3.12. The zero-order valence-corrected chi connectivity index (χ0v) is 13.4. The van der Waals surface area contributed by atoms with Gasteiger partial charge in [0.1, 0.15) is 0 Å². The second-order valence-corrected chi connectivity index (χ2v) is 4.75. The number of amides is 1. The molecule has 9 heteroatoms. The summed E-state index contributed by atoms with van der Waals surface area (Å²) in [7, 11) is 4.40. The Hall–Kier alpha value is -3.23. The highest BCUT2D eigenvalue weighted by atomic mass is 16.5. The Morgan fingerprint density at radius 3 is 2.12 bits per heavy atom. The number of rotatable bonds is 6. The van der Waals surface area contributed by atoms with Crippen molar-refractivity contribution in [3.05, 3.63) is 44.7 Å². The summed E-state index contributed by atoms with van der Waals surface area (Å²) in [6.45, 7) is 0. The average molecular weight is 335 g/mol. The molecule has 2 aromatic rings. The van der Waals surface area contributed by atoms with Crippen LogP contribution in [0.1, 0.15) is 5.69 Å². The highest BCUT2D eigenvalue weighted by Crippen LogP contribution is 2.39. The first kappa shape index (κ1) is 17.1. The van der Waals surface area contributed by atoms with Gasteiger partial charge in [-0.05, 0) is 0 Å². The molecule has 0 saturated carbocycles. The standard InChI is InChI=1S/C15H17N3O6/c1-22-10-4-8(5-11(23-2)14(10)24-3)16-12(19)6-9-7-13(20)18-15(21)17-9/h4-5,7H,6H2,1-3H3,(H,16,19)(H2,17,18,20,21). The van der Waals surface area contributed by atoms with Gasteiger partial charge in [-0.1, -0.05) is 0 Å². The van der Waals surface area contributed by atoms with Crippen LogP contribution in [0, 0.1) is 0 Å². The van der Waals surface area contributed by atoms with Gasteiger partial charge >= 0.3 is 5.69 Å². The van der Waals surface area contributed by atoms with Crippen LogP contribution in [0.15, 0.2) is 27.8 Å². The SMILES string of the molecule is COc1cc(NC(=O)Cc2cc(=O)[nH]c(=O)[nH]2)cc(OC)c1OC. The topological polar surface area (TPSA) is 123 Å². The number of aromatic nitrogens is 2. The van der Waals surface area contributed by atoms with Crippen LogP contribution in [0.2, 0.25) is 0 Å². The summed E-state index contributed by atoms with van der Waals surface area (Å²) in [6.07, 6.45) is -0.171. The quantitative estimate of drug-likeness (QED) is 0.696. The monoisotopic (exact) mass is 335 g/mol. The lowest BCUT2D eigenvalue weighted by Gasteiger charge is -2.14. The van der Waals surface area contributed by atoms with Crippen molar-refractivity contribution in [2.75, 3.05) is 26.6 Å². The Morgan fingerprint density at radius 2 is 1.62 bits per heavy atom. The van der Waals surface area contributed by atoms with Crippen LogP contribution in [0.25, 0.3) is 0 Å². The predicted octanol–water partition coefficient (Wildman–Crippen LogP) is 0.270. The molecule has 0 aliphatic rings. The number of hydrogen-bond donors (Lipinski definition) is 3. The maximum atomic E-state index is 12.1. The molecule has 128 valence electrons. The van der Waals surface area contributed by atoms with Crippen molar-refractivity contribution in [1.82, 2.24) is 9.97 Å². The lowest BCUT2D eigenvalue weighted by Crippen LogP contribution is -2.25. The Balaban J connectivity index is 2.22. The summed E-state index contributed by atoms with van der Waals surface area (Å²) < 4.78 is 15.6. The van der Waals surface area contributed by atoms with E-state index in [0.29, 0.717) is 22.9 Å². The number of anilines is 1. The number of carbonyl (C=O) groups excluding carboxylic acids is 1. The van der Waals surface area contributed by atoms with Crippen molar-refractivity contribution >= 4 is 11.6 Å². The van der Waals surface area contributed by atoms with Gasteiger partial charge in [0.2, 0.25) is 11.7 Å². The number of nitrogens with one attached hydrogen (secondary N) is 3. The van der Waals surface area contributed by atoms with E-state index in [0.717, 1.165) is 6.07 Å². The van der Waals surface area contributed by atoms with Gasteiger partial charge < -0.3 is 24.5 Å². The Morgan fingerprint density at radius 1 is 1.00 bits per heavy atom. The molecular weight excluding hydrogens is 318 g/mol. The zero-order valence-electron chi connectivity index (χ0n) is 13.4. The van der Waals surface area contributed by atoms with Crippen LogP contribution >= 0.6 is 0 Å². The normalized spacial score (nSPS) is 10.1. The predicted molar refractivity (Wildman–Crippen MR) is 86.1 cm³/mol. The van der Waals surface area contributed by atoms with E-state index in [1.807, 2.05) is 4.98 Å². The van der Waals surface area contributed by atoms with E-state index in [-0.39, 0.29) is 12.1 Å². The molecule has 0 bridgehead atoms. The van der Waals surface area contributed by atoms with Crippen molar-refractivity contribution in [2.24, 2.45) is 0 Å². The molecule has 1 aromatic carbocycles. The van der Waals surface area contributed by atoms with E-state index in [1.54, 1.807) is 12.1 Å². The van der Waals surface area contributed by atoms with Gasteiger partial charge in [-0.25, -0.2) is 4.79 Å². The number of aromatic amines is 2. The summed E-state index contributed by atoms with van der Waals surface area (Å²) in [6, 6.07) is 4.29. The Kier molecular flexibility index (Phi) is 5.25. The molecule has 0 saturated heterocycles. The lowest BCUT2D eigenvalue weighted by atomic mass is 10.2. The molecule has 2 rings (SSSR count). The van der Waals surface area contributed by atoms with E-state index in [2.05, 4.69) is 10.3 Å². The third-order valence-corrected chi connectivity index (χ3v) is 3.12. The van der Waals surface area contributed by atoms with Gasteiger partial charge in [0, 0.05) is 29.6 Å². The molecule has 0 fully saturated rings. The third kappa shape index (κ3) is 3.94. The molecule has 9 nitrogen and oxygen atoms in total. The van der Waals surface area contributed by atoms with Crippen LogP contribution in [0.5, 0.6) is 17.2 Å². The maximum Gasteiger partial charge on any atom is 0.325 e. The second kappa shape index (κ2) is 7.36. The van der Waals surface area contributed by atoms with Gasteiger partial charge in [0.15, 0.2) is 11.5 Å². The number of ether oxygens (including phenoxy) is 3. The Labute approximate surface area is 136 Å². The fraction of sp³-hybridized carbons (Fsp3) is 0.267. The molecular formula is C15H17N3O6. The van der Waals surface area contributed by atoms with E-state index < -0.39 is 17.2 Å². The molecule has 0 aliphatic heterocycles. The largest absolute Gasteiger partial charge is 0.493 e. The molecule has 24 heavy (non-hydrogen) atoms. The Bertz CT molecular complexity index is 802. The molecule has 0 unspecified atom stereocenters. The first-order valence-electron chi connectivity index (χ1n) is 6.89. The van der Waals surface area contributed by atoms with Gasteiger partial charge in [-0.2, -0.15) is 0 Å². The van der Waals surface area contributed by atoms with Crippen molar-refractivity contribution in [3.63, 3.8) is 0 Å². The molecule has 0 aliphatic carbocycles. The van der Waals surface area contributed by atoms with Crippen molar-refractivity contribution < 1.29 is 19.0 Å². The molecule has 1 heterocycles. The molecule has 1 amide bonds. The number of hydrogen-bond acceptors (Lipinski definition) is 6. The van der Waals surface area contributed by atoms with E-state index in [9.17, 15) is 14.4 Å². The average Bonchev–Trinajstić information content (AvgIpc) is 2.52. The second-order valence-electron chi connectivity index (χ2n) is 4.75. The van der Waals surface area contributed by atoms with Crippen molar-refractivity contribution in [3.8, 4) is 17.2 Å². The van der Waals surface area contributed by atoms with Crippen LogP contribution in [-0.2, 0) is 11.2 Å². The van der Waals surface area contributed by atoms with E-state index in [4.69, 9.17) is 14.2 Å². The fourth-order valence-electron chi connectivity index (χ4n) is 2.15. The summed E-state index contributed by atoms with van der Waals surface area (Å²) in [4.78, 5) is 39.0. The number of H-pyrrole nitrogens is 2. The van der Waals surface area contributed by atoms with E-state index >= 15 is 0 Å². The van der Waals surface area contributed by atoms with Crippen LogP contribution < -0.4 is 30.8 Å². The highest BCUT2D eigenvalue weighted by Gasteiger charge is 2.15. The van der Waals surface area contributed by atoms with Gasteiger partial charge in [0.05, 0.1) is 27.8 Å². The summed E-state index contributed by atoms with van der Waals surface area (Å²) >= 11 is 0.